The van der Waals surface area contributed by atoms with E-state index >= 15 is 0 Å². The second kappa shape index (κ2) is 9.59. The molecule has 4 rings (SSSR count). The summed E-state index contributed by atoms with van der Waals surface area (Å²) in [6.07, 6.45) is 0. The molecule has 0 bridgehead atoms. The molecule has 10 nitrogen and oxygen atoms in total. The van der Waals surface area contributed by atoms with Gasteiger partial charge in [-0.2, -0.15) is 0 Å². The van der Waals surface area contributed by atoms with Gasteiger partial charge in [0.05, 0.1) is 33.0 Å². The molecule has 0 spiro atoms. The number of methoxy groups -OCH3 is 2. The first-order chi connectivity index (χ1) is 15.9. The minimum absolute atomic E-state index is 0.376. The van der Waals surface area contributed by atoms with Gasteiger partial charge < -0.3 is 24.4 Å². The Balaban J connectivity index is 1.60. The lowest BCUT2D eigenvalue weighted by molar-refractivity contribution is -0.113. The van der Waals surface area contributed by atoms with Crippen molar-refractivity contribution in [3.63, 3.8) is 0 Å². The van der Waals surface area contributed by atoms with E-state index in [-0.39, 0.29) is 5.16 Å². The molecule has 33 heavy (non-hydrogen) atoms. The van der Waals surface area contributed by atoms with Crippen molar-refractivity contribution in [3.8, 4) is 11.5 Å². The molecule has 0 aliphatic carbocycles. The van der Waals surface area contributed by atoms with E-state index in [0.29, 0.717) is 54.8 Å². The van der Waals surface area contributed by atoms with Crippen LogP contribution in [0.3, 0.4) is 0 Å². The van der Waals surface area contributed by atoms with E-state index < -0.39 is 21.5 Å². The topological polar surface area (TPSA) is 120 Å². The number of nitrogens with one attached hydrogen (secondary N) is 1. The fraction of sp³-hybridized carbons (Fsp3) is 0.318. The van der Waals surface area contributed by atoms with E-state index in [1.54, 1.807) is 30.3 Å². The Hall–Kier alpha value is -3.44. The predicted molar refractivity (Wildman–Crippen MR) is 123 cm³/mol. The highest BCUT2D eigenvalue weighted by molar-refractivity contribution is 7.92. The molecule has 3 aromatic rings. The number of hydrogen-bond donors (Lipinski definition) is 1. The molecule has 0 radical (unpaired) electrons. The third-order valence-corrected chi connectivity index (χ3v) is 6.52. The zero-order valence-electron chi connectivity index (χ0n) is 18.3. The van der Waals surface area contributed by atoms with E-state index in [2.05, 4.69) is 15.3 Å². The maximum atomic E-state index is 13.1. The lowest BCUT2D eigenvalue weighted by atomic mass is 10.2. The molecule has 0 saturated carbocycles. The molecule has 1 aromatic heterocycles. The first-order valence-corrected chi connectivity index (χ1v) is 11.9. The summed E-state index contributed by atoms with van der Waals surface area (Å²) in [5.41, 5.74) is 0.870. The van der Waals surface area contributed by atoms with Crippen molar-refractivity contribution in [2.45, 2.75) is 5.16 Å². The van der Waals surface area contributed by atoms with Crippen molar-refractivity contribution < 1.29 is 27.4 Å². The van der Waals surface area contributed by atoms with Crippen LogP contribution in [0.4, 0.5) is 11.5 Å². The molecule has 1 fully saturated rings. The molecule has 2 aromatic carbocycles. The van der Waals surface area contributed by atoms with Gasteiger partial charge in [-0.25, -0.2) is 18.4 Å². The summed E-state index contributed by atoms with van der Waals surface area (Å²) in [6, 6.07) is 12.0. The highest BCUT2D eigenvalue weighted by atomic mass is 32.2. The number of nitrogens with zero attached hydrogens (tertiary/aromatic N) is 3. The minimum atomic E-state index is -4.11. The predicted octanol–water partition coefficient (Wildman–Crippen LogP) is 1.90. The van der Waals surface area contributed by atoms with Crippen LogP contribution in [0, 0.1) is 0 Å². The number of carbonyl (C=O) groups is 1. The van der Waals surface area contributed by atoms with Gasteiger partial charge in [-0.1, -0.05) is 12.1 Å². The van der Waals surface area contributed by atoms with Crippen LogP contribution >= 0.6 is 0 Å². The SMILES string of the molecule is COc1ccc(NC(=O)CS(=O)(=O)c2nc(N3CCOCC3)c3ccccc3n2)cc1OC. The summed E-state index contributed by atoms with van der Waals surface area (Å²) < 4.78 is 41.9. The first-order valence-electron chi connectivity index (χ1n) is 10.3. The molecule has 0 atom stereocenters. The van der Waals surface area contributed by atoms with Crippen LogP contribution in [0.1, 0.15) is 0 Å². The zero-order chi connectivity index (χ0) is 23.4. The number of ether oxygens (including phenoxy) is 3. The van der Waals surface area contributed by atoms with E-state index in [1.807, 2.05) is 17.0 Å². The fourth-order valence-electron chi connectivity index (χ4n) is 3.54. The van der Waals surface area contributed by atoms with Crippen LogP contribution in [-0.4, -0.2) is 70.6 Å². The van der Waals surface area contributed by atoms with Crippen molar-refractivity contribution >= 4 is 38.2 Å². The van der Waals surface area contributed by atoms with Crippen molar-refractivity contribution in [1.82, 2.24) is 9.97 Å². The van der Waals surface area contributed by atoms with Gasteiger partial charge in [-0.3, -0.25) is 4.79 Å². The van der Waals surface area contributed by atoms with Crippen molar-refractivity contribution in [2.75, 3.05) is 56.5 Å². The fourth-order valence-corrected chi connectivity index (χ4v) is 4.55. The summed E-state index contributed by atoms with van der Waals surface area (Å²) in [7, 11) is -1.14. The van der Waals surface area contributed by atoms with E-state index in [4.69, 9.17) is 14.2 Å². The van der Waals surface area contributed by atoms with Crippen LogP contribution in [-0.2, 0) is 19.4 Å². The maximum Gasteiger partial charge on any atom is 0.250 e. The van der Waals surface area contributed by atoms with Crippen LogP contribution in [0.2, 0.25) is 0 Å². The van der Waals surface area contributed by atoms with Crippen molar-refractivity contribution in [1.29, 1.82) is 0 Å². The van der Waals surface area contributed by atoms with Gasteiger partial charge >= 0.3 is 0 Å². The maximum absolute atomic E-state index is 13.1. The van der Waals surface area contributed by atoms with Gasteiger partial charge in [0.2, 0.25) is 20.9 Å². The Labute approximate surface area is 191 Å². The van der Waals surface area contributed by atoms with E-state index in [0.717, 1.165) is 5.39 Å². The second-order valence-corrected chi connectivity index (χ2v) is 9.21. The van der Waals surface area contributed by atoms with E-state index in [1.165, 1.54) is 14.2 Å². The summed E-state index contributed by atoms with van der Waals surface area (Å²) in [6.45, 7) is 2.21. The number of para-hydroxylation sites is 1. The number of morpholine rings is 1. The minimum Gasteiger partial charge on any atom is -0.493 e. The zero-order valence-corrected chi connectivity index (χ0v) is 19.1. The number of aromatic nitrogens is 2. The molecular weight excluding hydrogens is 448 g/mol. The Morgan fingerprint density at radius 3 is 2.52 bits per heavy atom. The summed E-state index contributed by atoms with van der Waals surface area (Å²) in [4.78, 5) is 23.1. The Kier molecular flexibility index (Phi) is 6.61. The summed E-state index contributed by atoms with van der Waals surface area (Å²) in [5.74, 6) is -0.105. The van der Waals surface area contributed by atoms with Crippen LogP contribution in [0.5, 0.6) is 11.5 Å². The van der Waals surface area contributed by atoms with Gasteiger partial charge in [0.25, 0.3) is 0 Å². The molecule has 0 unspecified atom stereocenters. The third kappa shape index (κ3) is 4.99. The number of hydrogen-bond acceptors (Lipinski definition) is 9. The van der Waals surface area contributed by atoms with Crippen LogP contribution < -0.4 is 19.7 Å². The van der Waals surface area contributed by atoms with Crippen molar-refractivity contribution in [2.24, 2.45) is 0 Å². The van der Waals surface area contributed by atoms with E-state index in [9.17, 15) is 13.2 Å². The summed E-state index contributed by atoms with van der Waals surface area (Å²) >= 11 is 0. The standard InChI is InChI=1S/C22H24N4O6S/c1-30-18-8-7-15(13-19(18)31-2)23-20(27)14-33(28,29)22-24-17-6-4-3-5-16(17)21(25-22)26-9-11-32-12-10-26/h3-8,13H,9-12,14H2,1-2H3,(H,23,27). The lowest BCUT2D eigenvalue weighted by Crippen LogP contribution is -2.37. The highest BCUT2D eigenvalue weighted by Crippen LogP contribution is 2.30. The third-order valence-electron chi connectivity index (χ3n) is 5.14. The molecule has 11 heteroatoms. The highest BCUT2D eigenvalue weighted by Gasteiger charge is 2.26. The molecule has 1 N–H and O–H groups in total. The number of benzene rings is 2. The van der Waals surface area contributed by atoms with Gasteiger partial charge in [-0.05, 0) is 24.3 Å². The second-order valence-electron chi connectivity index (χ2n) is 7.32. The van der Waals surface area contributed by atoms with Crippen molar-refractivity contribution in [3.05, 3.63) is 42.5 Å². The Morgan fingerprint density at radius 1 is 1.06 bits per heavy atom. The molecule has 2 heterocycles. The van der Waals surface area contributed by atoms with Crippen LogP contribution in [0.25, 0.3) is 10.9 Å². The quantitative estimate of drug-likeness (QED) is 0.514. The lowest BCUT2D eigenvalue weighted by Gasteiger charge is -2.28. The van der Waals surface area contributed by atoms with Gasteiger partial charge in [-0.15, -0.1) is 0 Å². The number of sulfone groups is 1. The Morgan fingerprint density at radius 2 is 1.79 bits per heavy atom. The van der Waals surface area contributed by atoms with Gasteiger partial charge in [0, 0.05) is 30.2 Å². The normalized spacial score (nSPS) is 14.2. The molecule has 1 aliphatic heterocycles. The average molecular weight is 473 g/mol. The van der Waals surface area contributed by atoms with Gasteiger partial charge in [0.1, 0.15) is 11.6 Å². The van der Waals surface area contributed by atoms with Crippen LogP contribution in [0.15, 0.2) is 47.6 Å². The number of rotatable bonds is 7. The van der Waals surface area contributed by atoms with Gasteiger partial charge in [0.15, 0.2) is 11.5 Å². The molecule has 1 amide bonds. The monoisotopic (exact) mass is 472 g/mol. The summed E-state index contributed by atoms with van der Waals surface area (Å²) in [5, 5.41) is 2.93. The molecule has 174 valence electrons. The number of fused-ring (bicyclic) bond motifs is 1. The molecule has 1 saturated heterocycles. The largest absolute Gasteiger partial charge is 0.493 e. The first kappa shape index (κ1) is 22.7. The molecule has 1 aliphatic rings. The molecular formula is C22H24N4O6S. The number of amides is 1. The number of anilines is 2. The number of carbonyl (C=O) groups excluding carboxylic acids is 1. The smallest absolute Gasteiger partial charge is 0.250 e. The Bertz CT molecular complexity index is 1280. The average Bonchev–Trinajstić information content (AvgIpc) is 2.83.